The summed E-state index contributed by atoms with van der Waals surface area (Å²) in [7, 11) is 1.71. The van der Waals surface area contributed by atoms with Crippen LogP contribution in [-0.4, -0.2) is 40.7 Å². The van der Waals surface area contributed by atoms with Gasteiger partial charge in [0.2, 0.25) is 0 Å². The van der Waals surface area contributed by atoms with Gasteiger partial charge in [-0.2, -0.15) is 0 Å². The van der Waals surface area contributed by atoms with E-state index in [4.69, 9.17) is 5.11 Å². The number of rotatable bonds is 4. The summed E-state index contributed by atoms with van der Waals surface area (Å²) in [6, 6.07) is 6.04. The lowest BCUT2D eigenvalue weighted by Gasteiger charge is -2.17. The Morgan fingerprint density at radius 3 is 2.53 bits per heavy atom. The van der Waals surface area contributed by atoms with Crippen LogP contribution in [0.3, 0.4) is 0 Å². The van der Waals surface area contributed by atoms with Crippen molar-refractivity contribution >= 4 is 17.2 Å². The predicted octanol–water partition coefficient (Wildman–Crippen LogP) is 2.22. The highest BCUT2D eigenvalue weighted by molar-refractivity contribution is 7.12. The average Bonchev–Trinajstić information content (AvgIpc) is 2.96. The first kappa shape index (κ1) is 13.8. The lowest BCUT2D eigenvalue weighted by Crippen LogP contribution is -2.29. The number of carbonyl (C=O) groups excluding carboxylic acids is 1. The van der Waals surface area contributed by atoms with Crippen molar-refractivity contribution in [3.05, 3.63) is 39.8 Å². The molecule has 102 valence electrons. The molecule has 0 radical (unpaired) electrons. The average molecular weight is 278 g/mol. The monoisotopic (exact) mass is 278 g/mol. The largest absolute Gasteiger partial charge is 0.395 e. The van der Waals surface area contributed by atoms with Crippen molar-refractivity contribution in [1.29, 1.82) is 0 Å². The molecule has 0 atom stereocenters. The van der Waals surface area contributed by atoms with Gasteiger partial charge in [-0.3, -0.25) is 4.79 Å². The topological polar surface area (TPSA) is 45.5 Å². The predicted molar refractivity (Wildman–Crippen MR) is 77.2 cm³/mol. The smallest absolute Gasteiger partial charge is 0.265 e. The normalized spacial score (nSPS) is 10.7. The van der Waals surface area contributed by atoms with E-state index in [9.17, 15) is 4.79 Å². The molecule has 5 heteroatoms. The van der Waals surface area contributed by atoms with Gasteiger partial charge in [0.1, 0.15) is 4.88 Å². The molecule has 0 saturated heterocycles. The van der Waals surface area contributed by atoms with Gasteiger partial charge in [0.25, 0.3) is 5.91 Å². The lowest BCUT2D eigenvalue weighted by atomic mass is 10.3. The van der Waals surface area contributed by atoms with E-state index in [1.807, 2.05) is 37.4 Å². The highest BCUT2D eigenvalue weighted by Gasteiger charge is 2.19. The Kier molecular flexibility index (Phi) is 4.07. The SMILES string of the molecule is Cc1ccc(C)n1-c1ccsc1C(=O)N(C)CCO. The highest BCUT2D eigenvalue weighted by atomic mass is 32.1. The van der Waals surface area contributed by atoms with Gasteiger partial charge in [-0.05, 0) is 37.4 Å². The fraction of sp³-hybridized carbons (Fsp3) is 0.357. The number of carbonyl (C=O) groups is 1. The molecule has 2 rings (SSSR count). The summed E-state index contributed by atoms with van der Waals surface area (Å²) in [5.74, 6) is -0.0495. The van der Waals surface area contributed by atoms with Crippen LogP contribution in [0.2, 0.25) is 0 Å². The van der Waals surface area contributed by atoms with Crippen LogP contribution in [0.1, 0.15) is 21.1 Å². The Morgan fingerprint density at radius 2 is 1.95 bits per heavy atom. The summed E-state index contributed by atoms with van der Waals surface area (Å²) >= 11 is 1.43. The number of aryl methyl sites for hydroxylation is 2. The van der Waals surface area contributed by atoms with E-state index >= 15 is 0 Å². The summed E-state index contributed by atoms with van der Waals surface area (Å²) < 4.78 is 2.08. The summed E-state index contributed by atoms with van der Waals surface area (Å²) in [6.07, 6.45) is 0. The quantitative estimate of drug-likeness (QED) is 0.932. The zero-order chi connectivity index (χ0) is 14.0. The number of aliphatic hydroxyl groups is 1. The van der Waals surface area contributed by atoms with E-state index in [-0.39, 0.29) is 12.5 Å². The molecule has 0 saturated carbocycles. The minimum Gasteiger partial charge on any atom is -0.395 e. The maximum Gasteiger partial charge on any atom is 0.265 e. The minimum atomic E-state index is -0.0495. The molecule has 0 spiro atoms. The molecule has 2 heterocycles. The Morgan fingerprint density at radius 1 is 1.32 bits per heavy atom. The van der Waals surface area contributed by atoms with E-state index in [0.717, 1.165) is 17.1 Å². The molecule has 19 heavy (non-hydrogen) atoms. The Labute approximate surface area is 116 Å². The van der Waals surface area contributed by atoms with Crippen LogP contribution in [0.15, 0.2) is 23.6 Å². The molecule has 1 amide bonds. The molecule has 1 N–H and O–H groups in total. The van der Waals surface area contributed by atoms with Crippen LogP contribution >= 0.6 is 11.3 Å². The Hall–Kier alpha value is -1.59. The maximum absolute atomic E-state index is 12.3. The van der Waals surface area contributed by atoms with E-state index < -0.39 is 0 Å². The molecule has 0 aliphatic rings. The second-order valence-corrected chi connectivity index (χ2v) is 5.45. The lowest BCUT2D eigenvalue weighted by molar-refractivity contribution is 0.0771. The fourth-order valence-corrected chi connectivity index (χ4v) is 2.98. The van der Waals surface area contributed by atoms with Crippen molar-refractivity contribution in [1.82, 2.24) is 9.47 Å². The fourth-order valence-electron chi connectivity index (χ4n) is 2.11. The van der Waals surface area contributed by atoms with Gasteiger partial charge in [-0.1, -0.05) is 0 Å². The zero-order valence-corrected chi connectivity index (χ0v) is 12.2. The molecule has 2 aromatic rings. The van der Waals surface area contributed by atoms with Gasteiger partial charge in [-0.25, -0.2) is 0 Å². The molecule has 0 bridgehead atoms. The number of hydrogen-bond acceptors (Lipinski definition) is 3. The Bertz CT molecular complexity index is 567. The van der Waals surface area contributed by atoms with Gasteiger partial charge in [0, 0.05) is 25.0 Å². The Balaban J connectivity index is 2.41. The third kappa shape index (κ3) is 2.57. The van der Waals surface area contributed by atoms with Crippen LogP contribution in [0.5, 0.6) is 0 Å². The van der Waals surface area contributed by atoms with Gasteiger partial charge in [0.05, 0.1) is 12.3 Å². The highest BCUT2D eigenvalue weighted by Crippen LogP contribution is 2.25. The minimum absolute atomic E-state index is 0.0233. The van der Waals surface area contributed by atoms with Crippen molar-refractivity contribution in [2.24, 2.45) is 0 Å². The van der Waals surface area contributed by atoms with Gasteiger partial charge < -0.3 is 14.6 Å². The molecule has 0 aliphatic carbocycles. The third-order valence-corrected chi connectivity index (χ3v) is 4.02. The molecule has 0 aromatic carbocycles. The van der Waals surface area contributed by atoms with E-state index in [0.29, 0.717) is 11.4 Å². The van der Waals surface area contributed by atoms with Crippen molar-refractivity contribution in [2.75, 3.05) is 20.2 Å². The van der Waals surface area contributed by atoms with Crippen molar-refractivity contribution < 1.29 is 9.90 Å². The van der Waals surface area contributed by atoms with Crippen LogP contribution in [-0.2, 0) is 0 Å². The first-order chi connectivity index (χ1) is 9.06. The van der Waals surface area contributed by atoms with E-state index in [1.165, 1.54) is 11.3 Å². The number of aromatic nitrogens is 1. The maximum atomic E-state index is 12.3. The summed E-state index contributed by atoms with van der Waals surface area (Å²) in [4.78, 5) is 14.6. The summed E-state index contributed by atoms with van der Waals surface area (Å²) in [5, 5.41) is 10.9. The number of aliphatic hydroxyl groups excluding tert-OH is 1. The third-order valence-electron chi connectivity index (χ3n) is 3.13. The van der Waals surface area contributed by atoms with Crippen LogP contribution in [0.25, 0.3) is 5.69 Å². The number of thiophene rings is 1. The van der Waals surface area contributed by atoms with E-state index in [2.05, 4.69) is 4.57 Å². The molecular weight excluding hydrogens is 260 g/mol. The first-order valence-corrected chi connectivity index (χ1v) is 7.03. The summed E-state index contributed by atoms with van der Waals surface area (Å²) in [5.41, 5.74) is 3.13. The van der Waals surface area contributed by atoms with Gasteiger partial charge >= 0.3 is 0 Å². The zero-order valence-electron chi connectivity index (χ0n) is 11.4. The number of nitrogens with zero attached hydrogens (tertiary/aromatic N) is 2. The second-order valence-electron chi connectivity index (χ2n) is 4.54. The molecular formula is C14H18N2O2S. The molecule has 0 aliphatic heterocycles. The second kappa shape index (κ2) is 5.59. The molecule has 0 unspecified atom stereocenters. The van der Waals surface area contributed by atoms with E-state index in [1.54, 1.807) is 11.9 Å². The summed E-state index contributed by atoms with van der Waals surface area (Å²) in [6.45, 7) is 4.37. The van der Waals surface area contributed by atoms with Crippen LogP contribution < -0.4 is 0 Å². The number of amides is 1. The van der Waals surface area contributed by atoms with Crippen molar-refractivity contribution in [3.63, 3.8) is 0 Å². The number of hydrogen-bond donors (Lipinski definition) is 1. The molecule has 0 fully saturated rings. The van der Waals surface area contributed by atoms with Gasteiger partial charge in [0.15, 0.2) is 0 Å². The van der Waals surface area contributed by atoms with Crippen LogP contribution in [0.4, 0.5) is 0 Å². The van der Waals surface area contributed by atoms with Gasteiger partial charge in [-0.15, -0.1) is 11.3 Å². The molecule has 4 nitrogen and oxygen atoms in total. The van der Waals surface area contributed by atoms with Crippen LogP contribution in [0, 0.1) is 13.8 Å². The first-order valence-electron chi connectivity index (χ1n) is 6.15. The van der Waals surface area contributed by atoms with Crippen molar-refractivity contribution in [3.8, 4) is 5.69 Å². The number of likely N-dealkylation sites (N-methyl/N-ethyl adjacent to an activating group) is 1. The molecule has 2 aromatic heterocycles. The van der Waals surface area contributed by atoms with Crippen molar-refractivity contribution in [2.45, 2.75) is 13.8 Å². The standard InChI is InChI=1S/C14H18N2O2S/c1-10-4-5-11(2)16(10)12-6-9-19-13(12)14(18)15(3)7-8-17/h4-6,9,17H,7-8H2,1-3H3.